The van der Waals surface area contributed by atoms with Crippen LogP contribution in [0.1, 0.15) is 75.5 Å². The summed E-state index contributed by atoms with van der Waals surface area (Å²) in [5, 5.41) is 35.2. The smallest absolute Gasteiger partial charge is 0.336 e. The normalized spacial score (nSPS) is 10.5. The maximum Gasteiger partial charge on any atom is 0.336 e. The fourth-order valence-electron chi connectivity index (χ4n) is 8.20. The zero-order chi connectivity index (χ0) is 61.5. The minimum atomic E-state index is -1.29. The zero-order valence-electron chi connectivity index (χ0n) is 44.5. The van der Waals surface area contributed by atoms with Gasteiger partial charge in [0.15, 0.2) is 0 Å². The Kier molecular flexibility index (Phi) is 21.5. The number of rotatable bonds is 16. The van der Waals surface area contributed by atoms with E-state index in [9.17, 15) is 52.2 Å². The van der Waals surface area contributed by atoms with Crippen molar-refractivity contribution in [3.05, 3.63) is 253 Å². The van der Waals surface area contributed by atoms with E-state index in [4.69, 9.17) is 61.0 Å². The van der Waals surface area contributed by atoms with Gasteiger partial charge in [-0.3, -0.25) is 14.4 Å². The fraction of sp³-hybridized carbons (Fsp3) is 0.0625. The van der Waals surface area contributed by atoms with Gasteiger partial charge in [0.2, 0.25) is 0 Å². The minimum Gasteiger partial charge on any atom is -0.497 e. The molecule has 6 N–H and O–H groups in total. The van der Waals surface area contributed by atoms with Gasteiger partial charge in [-0.05, 0) is 137 Å². The van der Waals surface area contributed by atoms with E-state index in [-0.39, 0.29) is 81.7 Å². The lowest BCUT2D eigenvalue weighted by atomic mass is 10.0. The van der Waals surface area contributed by atoms with Gasteiger partial charge >= 0.3 is 17.9 Å². The van der Waals surface area contributed by atoms with E-state index in [1.807, 2.05) is 37.3 Å². The molecule has 14 nitrogen and oxygen atoms in total. The van der Waals surface area contributed by atoms with Crippen molar-refractivity contribution in [2.45, 2.75) is 13.3 Å². The lowest BCUT2D eigenvalue weighted by Crippen LogP contribution is -2.17. The number of carboxylic acids is 3. The summed E-state index contributed by atoms with van der Waals surface area (Å²) in [6.07, 6.45) is 0.865. The first kappa shape index (κ1) is 62.9. The molecule has 85 heavy (non-hydrogen) atoms. The van der Waals surface area contributed by atoms with Crippen molar-refractivity contribution in [1.82, 2.24) is 0 Å². The molecule has 0 aliphatic carbocycles. The Bertz CT molecular complexity index is 3970. The third kappa shape index (κ3) is 15.9. The van der Waals surface area contributed by atoms with E-state index in [1.165, 1.54) is 97.1 Å². The van der Waals surface area contributed by atoms with Crippen molar-refractivity contribution in [2.75, 3.05) is 29.7 Å². The third-order valence-electron chi connectivity index (χ3n) is 12.3. The highest BCUT2D eigenvalue weighted by Crippen LogP contribution is 2.38. The van der Waals surface area contributed by atoms with Gasteiger partial charge < -0.3 is 40.7 Å². The first-order valence-electron chi connectivity index (χ1n) is 25.2. The second-order valence-electron chi connectivity index (χ2n) is 17.9. The van der Waals surface area contributed by atoms with Gasteiger partial charge in [0.05, 0.1) is 84.3 Å². The molecule has 0 radical (unpaired) electrons. The fourth-order valence-corrected chi connectivity index (χ4v) is 9.29. The Labute approximate surface area is 503 Å². The number of hydrogen-bond donors (Lipinski definition) is 6. The SMILES string of the molecule is CCCOc1cccc(-c2cc(F)c(NC(=O)c3ccccc3C(=O)O)c(Cl)c2)c1.COc1cccc(-c2cc(Cl)c(NC(=O)c3ccccc3C(=O)O)c(Cl)c2)c1.O=C(O)c1ccccc1C(=O)Nc1c(F)cc(-c2ccccc2F)cc1Cl. The lowest BCUT2D eigenvalue weighted by Gasteiger charge is -2.13. The molecule has 0 atom stereocenters. The van der Waals surface area contributed by atoms with Crippen molar-refractivity contribution in [2.24, 2.45) is 0 Å². The van der Waals surface area contributed by atoms with Crippen LogP contribution in [-0.4, -0.2) is 64.7 Å². The van der Waals surface area contributed by atoms with Crippen LogP contribution < -0.4 is 25.4 Å². The molecule has 0 aliphatic heterocycles. The van der Waals surface area contributed by atoms with Crippen molar-refractivity contribution in [3.63, 3.8) is 0 Å². The van der Waals surface area contributed by atoms with Gasteiger partial charge in [0, 0.05) is 5.56 Å². The summed E-state index contributed by atoms with van der Waals surface area (Å²) in [4.78, 5) is 71.4. The highest BCUT2D eigenvalue weighted by atomic mass is 35.5. The van der Waals surface area contributed by atoms with Crippen LogP contribution in [-0.2, 0) is 0 Å². The number of halogens is 7. The predicted molar refractivity (Wildman–Crippen MR) is 322 cm³/mol. The molecule has 0 saturated carbocycles. The molecule has 432 valence electrons. The average Bonchev–Trinajstić information content (AvgIpc) is 3.61. The summed E-state index contributed by atoms with van der Waals surface area (Å²) in [5.74, 6) is -6.76. The molecule has 0 saturated heterocycles. The molecule has 0 spiro atoms. The number of aromatic carboxylic acids is 3. The molecule has 0 bridgehead atoms. The summed E-state index contributed by atoms with van der Waals surface area (Å²) in [6, 6.07) is 46.0. The molecule has 21 heteroatoms. The number of benzene rings is 9. The first-order valence-corrected chi connectivity index (χ1v) is 26.7. The molecule has 0 heterocycles. The van der Waals surface area contributed by atoms with Gasteiger partial charge in [-0.15, -0.1) is 0 Å². The molecule has 0 unspecified atom stereocenters. The summed E-state index contributed by atoms with van der Waals surface area (Å²) < 4.78 is 54.0. The monoisotopic (exact) mass is 1230 g/mol. The van der Waals surface area contributed by atoms with Crippen LogP contribution in [0.15, 0.2) is 182 Å². The quantitative estimate of drug-likeness (QED) is 0.0535. The van der Waals surface area contributed by atoms with Crippen LogP contribution in [0, 0.1) is 17.5 Å². The van der Waals surface area contributed by atoms with Crippen molar-refractivity contribution in [3.8, 4) is 44.9 Å². The van der Waals surface area contributed by atoms with Crippen molar-refractivity contribution >= 4 is 99.1 Å². The van der Waals surface area contributed by atoms with E-state index in [2.05, 4.69) is 16.0 Å². The summed E-state index contributed by atoms with van der Waals surface area (Å²) >= 11 is 25.0. The largest absolute Gasteiger partial charge is 0.497 e. The standard InChI is InChI=1S/C23H19ClFNO4.C21H15Cl2NO4.C20H12ClF2NO3/c1-2-10-30-16-7-5-6-14(11-16)15-12-19(24)21(20(25)13-15)26-22(27)17-8-3-4-9-18(17)23(28)29;1-28-14-6-4-5-12(9-14)13-10-17(22)19(18(23)11-13)24-20(25)15-7-2-3-8-16(15)21(26)27;21-15-9-11(12-5-3-4-8-16(12)22)10-17(23)18(15)24-19(25)13-6-1-2-7-14(13)20(26)27/h3-9,11-13H,2,10H2,1H3,(H,26,27)(H,28,29);2-11H,1H3,(H,24,25)(H,26,27);1-10H,(H,24,25)(H,26,27). The Balaban J connectivity index is 0.000000183. The van der Waals surface area contributed by atoms with Crippen molar-refractivity contribution < 1.29 is 66.7 Å². The summed E-state index contributed by atoms with van der Waals surface area (Å²) in [5.41, 5.74) is 2.11. The maximum atomic E-state index is 14.8. The zero-order valence-corrected chi connectivity index (χ0v) is 47.5. The number of anilines is 3. The second kappa shape index (κ2) is 29.0. The Morgan fingerprint density at radius 1 is 0.400 bits per heavy atom. The highest BCUT2D eigenvalue weighted by Gasteiger charge is 2.23. The van der Waals surface area contributed by atoms with Gasteiger partial charge in [-0.1, -0.05) is 132 Å². The molecule has 3 amide bonds. The molecule has 0 aliphatic rings. The van der Waals surface area contributed by atoms with E-state index in [0.29, 0.717) is 29.2 Å². The number of carbonyl (C=O) groups excluding carboxylic acids is 3. The number of ether oxygens (including phenoxy) is 2. The third-order valence-corrected chi connectivity index (χ3v) is 13.5. The van der Waals surface area contributed by atoms with Crippen LogP contribution in [0.5, 0.6) is 11.5 Å². The number of amides is 3. The number of nitrogens with one attached hydrogen (secondary N) is 3. The molecule has 9 aromatic carbocycles. The number of hydrogen-bond acceptors (Lipinski definition) is 8. The number of carboxylic acid groups (broad SMARTS) is 3. The number of methoxy groups -OCH3 is 1. The average molecular weight is 1230 g/mol. The van der Waals surface area contributed by atoms with Crippen LogP contribution in [0.4, 0.5) is 30.2 Å². The van der Waals surface area contributed by atoms with Gasteiger partial charge in [0.25, 0.3) is 17.7 Å². The molecular formula is C64H46Cl4F3N3O11. The predicted octanol–water partition coefficient (Wildman–Crippen LogP) is 16.7. The Morgan fingerprint density at radius 3 is 1.16 bits per heavy atom. The topological polar surface area (TPSA) is 218 Å². The van der Waals surface area contributed by atoms with Crippen LogP contribution >= 0.6 is 46.4 Å². The summed E-state index contributed by atoms with van der Waals surface area (Å²) in [6.45, 7) is 2.57. The Hall–Kier alpha value is -9.65. The molecule has 0 aromatic heterocycles. The maximum absolute atomic E-state index is 14.8. The Morgan fingerprint density at radius 2 is 0.753 bits per heavy atom. The second-order valence-corrected chi connectivity index (χ2v) is 19.6. The van der Waals surface area contributed by atoms with Crippen LogP contribution in [0.25, 0.3) is 33.4 Å². The van der Waals surface area contributed by atoms with Gasteiger partial charge in [-0.2, -0.15) is 0 Å². The molecule has 9 rings (SSSR count). The minimum absolute atomic E-state index is 0.00830. The van der Waals surface area contributed by atoms with E-state index >= 15 is 0 Å². The van der Waals surface area contributed by atoms with E-state index in [0.717, 1.165) is 23.6 Å². The summed E-state index contributed by atoms with van der Waals surface area (Å²) in [7, 11) is 1.58. The van der Waals surface area contributed by atoms with E-state index in [1.54, 1.807) is 55.6 Å². The van der Waals surface area contributed by atoms with Gasteiger partial charge in [-0.25, -0.2) is 27.6 Å². The van der Waals surface area contributed by atoms with Crippen LogP contribution in [0.3, 0.4) is 0 Å². The van der Waals surface area contributed by atoms with Gasteiger partial charge in [0.1, 0.15) is 29.0 Å². The molecule has 9 aromatic rings. The van der Waals surface area contributed by atoms with E-state index < -0.39 is 53.1 Å². The van der Waals surface area contributed by atoms with Crippen molar-refractivity contribution in [1.29, 1.82) is 0 Å². The van der Waals surface area contributed by atoms with Crippen LogP contribution in [0.2, 0.25) is 20.1 Å². The highest BCUT2D eigenvalue weighted by molar-refractivity contribution is 6.40. The number of carbonyl (C=O) groups is 6. The first-order chi connectivity index (χ1) is 40.7. The molecular weight excluding hydrogens is 1190 g/mol. The molecule has 0 fully saturated rings. The lowest BCUT2D eigenvalue weighted by molar-refractivity contribution is 0.0683.